The number of hydrogen-bond donors (Lipinski definition) is 0. The molecular formula is C19H28N2O4S. The molecule has 3 rings (SSSR count). The van der Waals surface area contributed by atoms with Gasteiger partial charge in [0.15, 0.2) is 9.84 Å². The van der Waals surface area contributed by atoms with E-state index in [1.165, 1.54) is 0 Å². The van der Waals surface area contributed by atoms with Crippen LogP contribution in [0.2, 0.25) is 0 Å². The third kappa shape index (κ3) is 4.64. The molecule has 3 unspecified atom stereocenters. The molecule has 0 spiro atoms. The molecule has 1 aromatic rings. The maximum absolute atomic E-state index is 12.8. The number of ether oxygens (including phenoxy) is 1. The molecule has 0 aliphatic carbocycles. The van der Waals surface area contributed by atoms with Crippen molar-refractivity contribution < 1.29 is 17.9 Å². The van der Waals surface area contributed by atoms with Crippen molar-refractivity contribution in [3.63, 3.8) is 0 Å². The summed E-state index contributed by atoms with van der Waals surface area (Å²) in [5.74, 6) is 0.292. The summed E-state index contributed by atoms with van der Waals surface area (Å²) < 4.78 is 29.6. The van der Waals surface area contributed by atoms with E-state index in [1.54, 1.807) is 4.90 Å². The van der Waals surface area contributed by atoms with E-state index < -0.39 is 9.84 Å². The molecule has 1 aromatic carbocycles. The van der Waals surface area contributed by atoms with Crippen molar-refractivity contribution in [3.05, 3.63) is 35.9 Å². The summed E-state index contributed by atoms with van der Waals surface area (Å²) in [6.45, 7) is 6.16. The van der Waals surface area contributed by atoms with Crippen molar-refractivity contribution in [2.75, 3.05) is 37.7 Å². The molecule has 6 nitrogen and oxygen atoms in total. The Morgan fingerprint density at radius 3 is 2.62 bits per heavy atom. The van der Waals surface area contributed by atoms with Gasteiger partial charge in [-0.3, -0.25) is 9.69 Å². The molecule has 0 bridgehead atoms. The molecule has 2 fully saturated rings. The quantitative estimate of drug-likeness (QED) is 0.774. The molecule has 2 saturated heterocycles. The summed E-state index contributed by atoms with van der Waals surface area (Å²) in [4.78, 5) is 16.7. The van der Waals surface area contributed by atoms with E-state index in [0.717, 1.165) is 5.56 Å². The van der Waals surface area contributed by atoms with Crippen LogP contribution in [0.25, 0.3) is 0 Å². The number of sulfone groups is 1. The molecule has 144 valence electrons. The Balaban J connectivity index is 1.64. The van der Waals surface area contributed by atoms with Crippen LogP contribution in [0.15, 0.2) is 30.3 Å². The van der Waals surface area contributed by atoms with Gasteiger partial charge in [0, 0.05) is 25.7 Å². The van der Waals surface area contributed by atoms with Gasteiger partial charge in [-0.15, -0.1) is 0 Å². The van der Waals surface area contributed by atoms with E-state index in [4.69, 9.17) is 4.74 Å². The van der Waals surface area contributed by atoms with E-state index in [-0.39, 0.29) is 35.7 Å². The second-order valence-electron chi connectivity index (χ2n) is 7.28. The Bertz CT molecular complexity index is 722. The Kier molecular flexibility index (Phi) is 5.99. The largest absolute Gasteiger partial charge is 0.368 e. The molecule has 2 heterocycles. The third-order valence-electron chi connectivity index (χ3n) is 5.18. The molecule has 0 N–H and O–H groups in total. The zero-order chi connectivity index (χ0) is 18.7. The van der Waals surface area contributed by atoms with E-state index in [2.05, 4.69) is 4.90 Å². The summed E-state index contributed by atoms with van der Waals surface area (Å²) in [5, 5.41) is 0. The smallest absolute Gasteiger partial charge is 0.237 e. The minimum absolute atomic E-state index is 0.00973. The van der Waals surface area contributed by atoms with E-state index >= 15 is 0 Å². The first-order valence-electron chi connectivity index (χ1n) is 9.30. The molecule has 3 atom stereocenters. The molecule has 26 heavy (non-hydrogen) atoms. The number of carbonyl (C=O) groups is 1. The topological polar surface area (TPSA) is 66.9 Å². The average Bonchev–Trinajstić information content (AvgIpc) is 2.95. The van der Waals surface area contributed by atoms with Crippen LogP contribution in [0.5, 0.6) is 0 Å². The second kappa shape index (κ2) is 8.06. The number of nitrogens with zero attached hydrogens (tertiary/aromatic N) is 2. The standard InChI is InChI=1S/C19H28N2O4S/c1-3-21(17-9-10-26(23,24)14-17)19(22)13-20-11-15(2)25-18(12-20)16-7-5-4-6-8-16/h4-8,15,17-18H,3,9-14H2,1-2H3. The summed E-state index contributed by atoms with van der Waals surface area (Å²) in [5.41, 5.74) is 1.12. The fourth-order valence-electron chi connectivity index (χ4n) is 3.96. The molecule has 2 aliphatic heterocycles. The number of amides is 1. The molecule has 0 radical (unpaired) electrons. The van der Waals surface area contributed by atoms with Gasteiger partial charge in [0.1, 0.15) is 0 Å². The molecule has 1 amide bonds. The van der Waals surface area contributed by atoms with Crippen LogP contribution < -0.4 is 0 Å². The third-order valence-corrected chi connectivity index (χ3v) is 6.93. The number of benzene rings is 1. The molecule has 0 aromatic heterocycles. The molecular weight excluding hydrogens is 352 g/mol. The van der Waals surface area contributed by atoms with Crippen molar-refractivity contribution in [2.45, 2.75) is 38.5 Å². The molecule has 0 saturated carbocycles. The second-order valence-corrected chi connectivity index (χ2v) is 9.51. The van der Waals surface area contributed by atoms with Crippen molar-refractivity contribution >= 4 is 15.7 Å². The van der Waals surface area contributed by atoms with Crippen LogP contribution in [0, 0.1) is 0 Å². The summed E-state index contributed by atoms with van der Waals surface area (Å²) in [6, 6.07) is 9.88. The van der Waals surface area contributed by atoms with Gasteiger partial charge in [0.25, 0.3) is 0 Å². The van der Waals surface area contributed by atoms with Gasteiger partial charge in [-0.05, 0) is 25.8 Å². The predicted molar refractivity (Wildman–Crippen MR) is 101 cm³/mol. The van der Waals surface area contributed by atoms with Crippen molar-refractivity contribution in [1.29, 1.82) is 0 Å². The minimum Gasteiger partial charge on any atom is -0.368 e. The zero-order valence-corrected chi connectivity index (χ0v) is 16.3. The van der Waals surface area contributed by atoms with Gasteiger partial charge < -0.3 is 9.64 Å². The van der Waals surface area contributed by atoms with E-state index in [0.29, 0.717) is 32.6 Å². The van der Waals surface area contributed by atoms with Gasteiger partial charge in [-0.2, -0.15) is 0 Å². The highest BCUT2D eigenvalue weighted by Gasteiger charge is 2.35. The highest BCUT2D eigenvalue weighted by Crippen LogP contribution is 2.25. The highest BCUT2D eigenvalue weighted by atomic mass is 32.2. The van der Waals surface area contributed by atoms with Crippen LogP contribution in [0.1, 0.15) is 31.9 Å². The average molecular weight is 381 g/mol. The molecule has 7 heteroatoms. The number of carbonyl (C=O) groups excluding carboxylic acids is 1. The van der Waals surface area contributed by atoms with Crippen LogP contribution in [0.3, 0.4) is 0 Å². The number of likely N-dealkylation sites (N-methyl/N-ethyl adjacent to an activating group) is 1. The van der Waals surface area contributed by atoms with Crippen molar-refractivity contribution in [2.24, 2.45) is 0 Å². The van der Waals surface area contributed by atoms with Crippen LogP contribution >= 0.6 is 0 Å². The van der Waals surface area contributed by atoms with Gasteiger partial charge >= 0.3 is 0 Å². The number of morpholine rings is 1. The van der Waals surface area contributed by atoms with Crippen LogP contribution in [-0.2, 0) is 19.4 Å². The van der Waals surface area contributed by atoms with E-state index in [1.807, 2.05) is 44.2 Å². The monoisotopic (exact) mass is 380 g/mol. The first kappa shape index (κ1) is 19.3. The lowest BCUT2D eigenvalue weighted by Crippen LogP contribution is -2.50. The first-order valence-corrected chi connectivity index (χ1v) is 11.1. The fraction of sp³-hybridized carbons (Fsp3) is 0.632. The van der Waals surface area contributed by atoms with Gasteiger partial charge in [-0.1, -0.05) is 30.3 Å². The normalized spacial score (nSPS) is 28.8. The Morgan fingerprint density at radius 2 is 2.00 bits per heavy atom. The summed E-state index contributed by atoms with van der Waals surface area (Å²) in [7, 11) is -3.00. The van der Waals surface area contributed by atoms with Crippen LogP contribution in [0.4, 0.5) is 0 Å². The van der Waals surface area contributed by atoms with Crippen molar-refractivity contribution in [3.8, 4) is 0 Å². The van der Waals surface area contributed by atoms with Crippen molar-refractivity contribution in [1.82, 2.24) is 9.80 Å². The number of hydrogen-bond acceptors (Lipinski definition) is 5. The first-order chi connectivity index (χ1) is 12.4. The van der Waals surface area contributed by atoms with E-state index in [9.17, 15) is 13.2 Å². The maximum Gasteiger partial charge on any atom is 0.237 e. The number of rotatable bonds is 5. The SMILES string of the molecule is CCN(C(=O)CN1CC(C)OC(c2ccccc2)C1)C1CCS(=O)(=O)C1. The zero-order valence-electron chi connectivity index (χ0n) is 15.5. The van der Waals surface area contributed by atoms with Gasteiger partial charge in [0.05, 0.1) is 30.3 Å². The fourth-order valence-corrected chi connectivity index (χ4v) is 5.69. The summed E-state index contributed by atoms with van der Waals surface area (Å²) in [6.07, 6.45) is 0.548. The highest BCUT2D eigenvalue weighted by molar-refractivity contribution is 7.91. The molecule has 2 aliphatic rings. The minimum atomic E-state index is -3.00. The lowest BCUT2D eigenvalue weighted by molar-refractivity contribution is -0.138. The Morgan fingerprint density at radius 1 is 1.27 bits per heavy atom. The Hall–Kier alpha value is -1.44. The predicted octanol–water partition coefficient (Wildman–Crippen LogP) is 1.48. The lowest BCUT2D eigenvalue weighted by atomic mass is 10.1. The maximum atomic E-state index is 12.8. The van der Waals surface area contributed by atoms with Crippen LogP contribution in [-0.4, -0.2) is 74.0 Å². The summed E-state index contributed by atoms with van der Waals surface area (Å²) >= 11 is 0. The Labute approximate surface area is 156 Å². The van der Waals surface area contributed by atoms with Gasteiger partial charge in [-0.25, -0.2) is 8.42 Å². The van der Waals surface area contributed by atoms with Gasteiger partial charge in [0.2, 0.25) is 5.91 Å². The lowest BCUT2D eigenvalue weighted by Gasteiger charge is -2.38.